The smallest absolute Gasteiger partial charge is 0.307 e. The van der Waals surface area contributed by atoms with Crippen molar-refractivity contribution in [2.75, 3.05) is 5.32 Å². The van der Waals surface area contributed by atoms with Crippen LogP contribution < -0.4 is 5.32 Å². The second kappa shape index (κ2) is 7.12. The van der Waals surface area contributed by atoms with Gasteiger partial charge in [0.05, 0.1) is 12.3 Å². The maximum Gasteiger partial charge on any atom is 0.307 e. The normalized spacial score (nSPS) is 16.6. The van der Waals surface area contributed by atoms with E-state index in [9.17, 15) is 9.59 Å². The van der Waals surface area contributed by atoms with Crippen LogP contribution in [-0.2, 0) is 20.7 Å². The quantitative estimate of drug-likeness (QED) is 0.784. The minimum Gasteiger partial charge on any atom is -0.460 e. The third-order valence-electron chi connectivity index (χ3n) is 4.21. The van der Waals surface area contributed by atoms with Crippen molar-refractivity contribution in [3.8, 4) is 11.1 Å². The van der Waals surface area contributed by atoms with E-state index in [4.69, 9.17) is 16.3 Å². The lowest BCUT2D eigenvalue weighted by Gasteiger charge is -2.26. The molecule has 0 saturated heterocycles. The number of fused-ring (bicyclic) bond motifs is 1. The Morgan fingerprint density at radius 2 is 1.81 bits per heavy atom. The highest BCUT2D eigenvalue weighted by Crippen LogP contribution is 2.32. The first-order valence-corrected chi connectivity index (χ1v) is 9.01. The van der Waals surface area contributed by atoms with Gasteiger partial charge in [-0.05, 0) is 68.1 Å². The molecular formula is C21H22ClNO3. The van der Waals surface area contributed by atoms with Crippen LogP contribution in [-0.4, -0.2) is 17.5 Å². The van der Waals surface area contributed by atoms with Crippen LogP contribution in [0.5, 0.6) is 0 Å². The summed E-state index contributed by atoms with van der Waals surface area (Å²) < 4.78 is 5.35. The molecule has 0 fully saturated rings. The summed E-state index contributed by atoms with van der Waals surface area (Å²) in [4.78, 5) is 24.4. The lowest BCUT2D eigenvalue weighted by Crippen LogP contribution is -2.33. The maximum absolute atomic E-state index is 12.3. The lowest BCUT2D eigenvalue weighted by molar-refractivity contribution is -0.157. The molecule has 4 nitrogen and oxygen atoms in total. The standard InChI is InChI=1S/C21H22ClNO3/c1-21(2,3)26-19(24)12-16-11-15-10-14(6-9-18(15)23-20(16)25)13-4-7-17(22)8-5-13/h4-10,16H,11-12H2,1-3H3,(H,23,25). The zero-order valence-electron chi connectivity index (χ0n) is 15.1. The Labute approximate surface area is 158 Å². The van der Waals surface area contributed by atoms with E-state index in [1.54, 1.807) is 0 Å². The number of benzene rings is 2. The molecule has 1 atom stereocenters. The van der Waals surface area contributed by atoms with Crippen molar-refractivity contribution < 1.29 is 14.3 Å². The number of amides is 1. The van der Waals surface area contributed by atoms with Crippen LogP contribution >= 0.6 is 11.6 Å². The molecule has 1 unspecified atom stereocenters. The van der Waals surface area contributed by atoms with Crippen molar-refractivity contribution in [2.45, 2.75) is 39.2 Å². The highest BCUT2D eigenvalue weighted by Gasteiger charge is 2.30. The predicted octanol–water partition coefficient (Wildman–Crippen LogP) is 4.85. The Kier molecular flexibility index (Phi) is 5.05. The maximum atomic E-state index is 12.3. The van der Waals surface area contributed by atoms with Gasteiger partial charge in [0.15, 0.2) is 0 Å². The summed E-state index contributed by atoms with van der Waals surface area (Å²) in [5.41, 5.74) is 3.37. The van der Waals surface area contributed by atoms with Gasteiger partial charge in [0.25, 0.3) is 0 Å². The fourth-order valence-corrected chi connectivity index (χ4v) is 3.17. The van der Waals surface area contributed by atoms with E-state index in [2.05, 4.69) is 11.4 Å². The molecule has 1 N–H and O–H groups in total. The van der Waals surface area contributed by atoms with Gasteiger partial charge in [-0.1, -0.05) is 29.8 Å². The number of nitrogens with one attached hydrogen (secondary N) is 1. The minimum atomic E-state index is -0.554. The van der Waals surface area contributed by atoms with Gasteiger partial charge in [0.1, 0.15) is 5.60 Å². The first kappa shape index (κ1) is 18.5. The van der Waals surface area contributed by atoms with E-state index in [1.807, 2.05) is 57.2 Å². The SMILES string of the molecule is CC(C)(C)OC(=O)CC1Cc2cc(-c3ccc(Cl)cc3)ccc2NC1=O. The molecule has 2 aromatic rings. The minimum absolute atomic E-state index is 0.0771. The van der Waals surface area contributed by atoms with Crippen LogP contribution in [0.25, 0.3) is 11.1 Å². The van der Waals surface area contributed by atoms with Crippen molar-refractivity contribution in [1.29, 1.82) is 0 Å². The average molecular weight is 372 g/mol. The summed E-state index contributed by atoms with van der Waals surface area (Å²) in [6.07, 6.45) is 0.593. The van der Waals surface area contributed by atoms with Gasteiger partial charge < -0.3 is 10.1 Å². The van der Waals surface area contributed by atoms with Gasteiger partial charge in [-0.2, -0.15) is 0 Å². The number of hydrogen-bond acceptors (Lipinski definition) is 3. The van der Waals surface area contributed by atoms with Gasteiger partial charge in [-0.25, -0.2) is 0 Å². The zero-order valence-corrected chi connectivity index (χ0v) is 15.9. The number of carbonyl (C=O) groups excluding carboxylic acids is 2. The van der Waals surface area contributed by atoms with Crippen LogP contribution in [0.4, 0.5) is 5.69 Å². The summed E-state index contributed by atoms with van der Waals surface area (Å²) in [5, 5.41) is 3.59. The van der Waals surface area contributed by atoms with Gasteiger partial charge in [0.2, 0.25) is 5.91 Å². The molecule has 1 aliphatic heterocycles. The molecule has 0 spiro atoms. The van der Waals surface area contributed by atoms with Gasteiger partial charge in [0, 0.05) is 10.7 Å². The van der Waals surface area contributed by atoms with E-state index in [-0.39, 0.29) is 18.3 Å². The number of esters is 1. The third-order valence-corrected chi connectivity index (χ3v) is 4.46. The molecule has 5 heteroatoms. The molecule has 0 saturated carbocycles. The first-order valence-electron chi connectivity index (χ1n) is 8.63. The van der Waals surface area contributed by atoms with E-state index in [0.29, 0.717) is 11.4 Å². The number of halogens is 1. The average Bonchev–Trinajstić information content (AvgIpc) is 2.54. The Morgan fingerprint density at radius 1 is 1.15 bits per heavy atom. The third kappa shape index (κ3) is 4.44. The Hall–Kier alpha value is -2.33. The Bertz CT molecular complexity index is 837. The zero-order chi connectivity index (χ0) is 18.9. The predicted molar refractivity (Wildman–Crippen MR) is 103 cm³/mol. The molecule has 1 amide bonds. The number of anilines is 1. The molecule has 0 aliphatic carbocycles. The summed E-state index contributed by atoms with van der Waals surface area (Å²) in [6.45, 7) is 5.46. The summed E-state index contributed by atoms with van der Waals surface area (Å²) in [5.74, 6) is -0.907. The molecule has 1 aliphatic rings. The number of hydrogen-bond donors (Lipinski definition) is 1. The van der Waals surface area contributed by atoms with Crippen LogP contribution in [0.3, 0.4) is 0 Å². The van der Waals surface area contributed by atoms with Crippen molar-refractivity contribution in [3.63, 3.8) is 0 Å². The molecule has 0 radical (unpaired) electrons. The van der Waals surface area contributed by atoms with E-state index in [0.717, 1.165) is 22.4 Å². The highest BCUT2D eigenvalue weighted by atomic mass is 35.5. The molecule has 136 valence electrons. The van der Waals surface area contributed by atoms with Gasteiger partial charge >= 0.3 is 5.97 Å². The lowest BCUT2D eigenvalue weighted by atomic mass is 9.89. The molecule has 0 bridgehead atoms. The number of rotatable bonds is 3. The monoisotopic (exact) mass is 371 g/mol. The molecule has 2 aromatic carbocycles. The molecule has 1 heterocycles. The molecule has 26 heavy (non-hydrogen) atoms. The van der Waals surface area contributed by atoms with E-state index >= 15 is 0 Å². The van der Waals surface area contributed by atoms with E-state index < -0.39 is 11.5 Å². The van der Waals surface area contributed by atoms with Crippen molar-refractivity contribution in [2.24, 2.45) is 5.92 Å². The topological polar surface area (TPSA) is 55.4 Å². The Morgan fingerprint density at radius 3 is 2.46 bits per heavy atom. The number of carbonyl (C=O) groups is 2. The van der Waals surface area contributed by atoms with Crippen LogP contribution in [0.2, 0.25) is 5.02 Å². The fourth-order valence-electron chi connectivity index (χ4n) is 3.05. The second-order valence-corrected chi connectivity index (χ2v) is 8.00. The van der Waals surface area contributed by atoms with Crippen molar-refractivity contribution >= 4 is 29.2 Å². The van der Waals surface area contributed by atoms with Gasteiger partial charge in [-0.15, -0.1) is 0 Å². The van der Waals surface area contributed by atoms with Crippen LogP contribution in [0.15, 0.2) is 42.5 Å². The Balaban J connectivity index is 1.79. The summed E-state index contributed by atoms with van der Waals surface area (Å²) in [6, 6.07) is 13.6. The van der Waals surface area contributed by atoms with Crippen molar-refractivity contribution in [3.05, 3.63) is 53.1 Å². The second-order valence-electron chi connectivity index (χ2n) is 7.56. The molecule has 0 aromatic heterocycles. The van der Waals surface area contributed by atoms with Crippen LogP contribution in [0, 0.1) is 5.92 Å². The molecule has 3 rings (SSSR count). The first-order chi connectivity index (χ1) is 12.2. The van der Waals surface area contributed by atoms with Gasteiger partial charge in [-0.3, -0.25) is 9.59 Å². The summed E-state index contributed by atoms with van der Waals surface area (Å²) in [7, 11) is 0. The van der Waals surface area contributed by atoms with E-state index in [1.165, 1.54) is 0 Å². The van der Waals surface area contributed by atoms with Crippen LogP contribution in [0.1, 0.15) is 32.8 Å². The molecular weight excluding hydrogens is 350 g/mol. The highest BCUT2D eigenvalue weighted by molar-refractivity contribution is 6.30. The largest absolute Gasteiger partial charge is 0.460 e. The summed E-state index contributed by atoms with van der Waals surface area (Å²) >= 11 is 5.95. The number of ether oxygens (including phenoxy) is 1. The van der Waals surface area contributed by atoms with Crippen molar-refractivity contribution in [1.82, 2.24) is 0 Å². The fraction of sp³-hybridized carbons (Fsp3) is 0.333.